The minimum absolute atomic E-state index is 0.692. The molecule has 2 aromatic rings. The average Bonchev–Trinajstić information content (AvgIpc) is 2.37. The van der Waals surface area contributed by atoms with Crippen LogP contribution in [0.5, 0.6) is 0 Å². The van der Waals surface area contributed by atoms with Crippen LogP contribution in [0, 0.1) is 0 Å². The molecule has 5 heteroatoms. The summed E-state index contributed by atoms with van der Waals surface area (Å²) in [6.45, 7) is 0.834. The van der Waals surface area contributed by atoms with Crippen molar-refractivity contribution in [3.05, 3.63) is 41.3 Å². The number of rotatable bonds is 4. The first kappa shape index (κ1) is 12.0. The van der Waals surface area contributed by atoms with Crippen molar-refractivity contribution in [3.63, 3.8) is 0 Å². The molecule has 0 saturated carbocycles. The second kappa shape index (κ2) is 5.70. The first-order valence-electron chi connectivity index (χ1n) is 5.39. The molecule has 1 N–H and O–H groups in total. The van der Waals surface area contributed by atoms with Crippen molar-refractivity contribution in [3.8, 4) is 11.3 Å². The molecule has 1 aromatic carbocycles. The van der Waals surface area contributed by atoms with Gasteiger partial charge in [-0.2, -0.15) is 5.10 Å². The summed E-state index contributed by atoms with van der Waals surface area (Å²) in [5, 5.41) is 11.7. The molecule has 88 valence electrons. The summed E-state index contributed by atoms with van der Waals surface area (Å²) in [5.74, 6) is 0.733. The molecule has 17 heavy (non-hydrogen) atoms. The molecule has 1 heterocycles. The number of benzene rings is 1. The number of hydrogen-bond acceptors (Lipinski definition) is 4. The van der Waals surface area contributed by atoms with Crippen molar-refractivity contribution in [1.29, 1.82) is 0 Å². The number of hydrogen-bond donors (Lipinski definition) is 1. The van der Waals surface area contributed by atoms with Gasteiger partial charge in [0.05, 0.1) is 11.9 Å². The van der Waals surface area contributed by atoms with Crippen LogP contribution in [0.3, 0.4) is 0 Å². The Labute approximate surface area is 105 Å². The smallest absolute Gasteiger partial charge is 0.152 e. The van der Waals surface area contributed by atoms with Crippen LogP contribution in [-0.2, 0) is 6.42 Å². The molecular formula is C12H13ClN4. The molecule has 0 aliphatic rings. The summed E-state index contributed by atoms with van der Waals surface area (Å²) in [7, 11) is 1.90. The Hall–Kier alpha value is -1.52. The highest BCUT2D eigenvalue weighted by Gasteiger charge is 2.03. The van der Waals surface area contributed by atoms with Gasteiger partial charge in [0.1, 0.15) is 0 Å². The van der Waals surface area contributed by atoms with Gasteiger partial charge in [-0.05, 0) is 19.2 Å². The second-order valence-corrected chi connectivity index (χ2v) is 4.06. The van der Waals surface area contributed by atoms with Crippen molar-refractivity contribution in [2.45, 2.75) is 6.42 Å². The standard InChI is InChI=1S/C12H13ClN4/c1-14-6-5-12-16-11(8-15-17-12)9-3-2-4-10(13)7-9/h2-4,7-8,14H,5-6H2,1H3. The van der Waals surface area contributed by atoms with Crippen LogP contribution in [-0.4, -0.2) is 28.8 Å². The van der Waals surface area contributed by atoms with Crippen molar-refractivity contribution in [2.75, 3.05) is 13.6 Å². The average molecular weight is 249 g/mol. The molecule has 0 radical (unpaired) electrons. The van der Waals surface area contributed by atoms with E-state index in [4.69, 9.17) is 11.6 Å². The molecule has 1 aromatic heterocycles. The van der Waals surface area contributed by atoms with E-state index in [9.17, 15) is 0 Å². The molecule has 0 unspecified atom stereocenters. The lowest BCUT2D eigenvalue weighted by atomic mass is 10.2. The van der Waals surface area contributed by atoms with Crippen molar-refractivity contribution in [1.82, 2.24) is 20.5 Å². The molecule has 0 aliphatic heterocycles. The zero-order valence-corrected chi connectivity index (χ0v) is 10.3. The molecule has 2 rings (SSSR count). The fourth-order valence-corrected chi connectivity index (χ4v) is 1.66. The number of halogens is 1. The Morgan fingerprint density at radius 1 is 1.35 bits per heavy atom. The maximum atomic E-state index is 5.94. The maximum Gasteiger partial charge on any atom is 0.152 e. The Kier molecular flexibility index (Phi) is 4.01. The third-order valence-electron chi connectivity index (χ3n) is 2.32. The first-order valence-corrected chi connectivity index (χ1v) is 5.76. The van der Waals surface area contributed by atoms with Crippen molar-refractivity contribution < 1.29 is 0 Å². The predicted molar refractivity (Wildman–Crippen MR) is 67.9 cm³/mol. The molecule has 0 saturated heterocycles. The fourth-order valence-electron chi connectivity index (χ4n) is 1.47. The van der Waals surface area contributed by atoms with E-state index in [-0.39, 0.29) is 0 Å². The quantitative estimate of drug-likeness (QED) is 0.899. The van der Waals surface area contributed by atoms with Gasteiger partial charge in [-0.3, -0.25) is 0 Å². The van der Waals surface area contributed by atoms with Gasteiger partial charge in [0.15, 0.2) is 5.82 Å². The predicted octanol–water partition coefficient (Wildman–Crippen LogP) is 1.95. The van der Waals surface area contributed by atoms with E-state index in [1.165, 1.54) is 0 Å². The molecule has 0 atom stereocenters. The molecule has 0 spiro atoms. The van der Waals surface area contributed by atoms with E-state index >= 15 is 0 Å². The van der Waals surface area contributed by atoms with Gasteiger partial charge in [-0.1, -0.05) is 23.7 Å². The molecule has 4 nitrogen and oxygen atoms in total. The zero-order valence-electron chi connectivity index (χ0n) is 9.52. The van der Waals surface area contributed by atoms with E-state index in [0.717, 1.165) is 30.0 Å². The van der Waals surface area contributed by atoms with Crippen LogP contribution in [0.2, 0.25) is 5.02 Å². The Morgan fingerprint density at radius 2 is 2.24 bits per heavy atom. The Balaban J connectivity index is 2.26. The second-order valence-electron chi connectivity index (χ2n) is 3.62. The summed E-state index contributed by atoms with van der Waals surface area (Å²) in [6, 6.07) is 7.56. The summed E-state index contributed by atoms with van der Waals surface area (Å²) in [5.41, 5.74) is 1.76. The molecule has 0 bridgehead atoms. The van der Waals surface area contributed by atoms with Gasteiger partial charge in [0.25, 0.3) is 0 Å². The monoisotopic (exact) mass is 248 g/mol. The number of nitrogens with zero attached hydrogens (tertiary/aromatic N) is 3. The SMILES string of the molecule is CNCCc1nncc(-c2cccc(Cl)c2)n1. The van der Waals surface area contributed by atoms with Gasteiger partial charge >= 0.3 is 0 Å². The van der Waals surface area contributed by atoms with Crippen LogP contribution in [0.1, 0.15) is 5.82 Å². The van der Waals surface area contributed by atoms with Gasteiger partial charge in [0, 0.05) is 23.6 Å². The fraction of sp³-hybridized carbons (Fsp3) is 0.250. The van der Waals surface area contributed by atoms with E-state index in [1.807, 2.05) is 31.3 Å². The topological polar surface area (TPSA) is 50.7 Å². The van der Waals surface area contributed by atoms with E-state index in [2.05, 4.69) is 20.5 Å². The van der Waals surface area contributed by atoms with Gasteiger partial charge in [-0.25, -0.2) is 4.98 Å². The van der Waals surface area contributed by atoms with Crippen LogP contribution < -0.4 is 5.32 Å². The summed E-state index contributed by atoms with van der Waals surface area (Å²) in [4.78, 5) is 4.45. The first-order chi connectivity index (χ1) is 8.29. The zero-order chi connectivity index (χ0) is 12.1. The third kappa shape index (κ3) is 3.22. The number of aromatic nitrogens is 3. The van der Waals surface area contributed by atoms with Gasteiger partial charge < -0.3 is 5.32 Å². The Morgan fingerprint density at radius 3 is 3.00 bits per heavy atom. The lowest BCUT2D eigenvalue weighted by molar-refractivity contribution is 0.735. The maximum absolute atomic E-state index is 5.94. The lowest BCUT2D eigenvalue weighted by Gasteiger charge is -2.03. The lowest BCUT2D eigenvalue weighted by Crippen LogP contribution is -2.12. The van der Waals surface area contributed by atoms with Crippen LogP contribution in [0.4, 0.5) is 0 Å². The van der Waals surface area contributed by atoms with E-state index < -0.39 is 0 Å². The Bertz CT molecular complexity index is 501. The summed E-state index contributed by atoms with van der Waals surface area (Å²) in [6.07, 6.45) is 2.41. The largest absolute Gasteiger partial charge is 0.319 e. The molecular weight excluding hydrogens is 236 g/mol. The van der Waals surface area contributed by atoms with Gasteiger partial charge in [0.2, 0.25) is 0 Å². The van der Waals surface area contributed by atoms with Crippen molar-refractivity contribution >= 4 is 11.6 Å². The molecule has 0 amide bonds. The minimum Gasteiger partial charge on any atom is -0.319 e. The summed E-state index contributed by atoms with van der Waals surface area (Å²) < 4.78 is 0. The van der Waals surface area contributed by atoms with Gasteiger partial charge in [-0.15, -0.1) is 5.10 Å². The molecule has 0 aliphatic carbocycles. The van der Waals surface area contributed by atoms with Crippen LogP contribution >= 0.6 is 11.6 Å². The van der Waals surface area contributed by atoms with E-state index in [1.54, 1.807) is 6.20 Å². The highest BCUT2D eigenvalue weighted by molar-refractivity contribution is 6.30. The molecule has 0 fully saturated rings. The van der Waals surface area contributed by atoms with E-state index in [0.29, 0.717) is 5.02 Å². The highest BCUT2D eigenvalue weighted by Crippen LogP contribution is 2.19. The summed E-state index contributed by atoms with van der Waals surface area (Å²) >= 11 is 5.94. The van der Waals surface area contributed by atoms with Crippen LogP contribution in [0.15, 0.2) is 30.5 Å². The van der Waals surface area contributed by atoms with Crippen molar-refractivity contribution in [2.24, 2.45) is 0 Å². The third-order valence-corrected chi connectivity index (χ3v) is 2.56. The normalized spacial score (nSPS) is 10.5. The minimum atomic E-state index is 0.692. The number of nitrogens with one attached hydrogen (secondary N) is 1. The highest BCUT2D eigenvalue weighted by atomic mass is 35.5. The van der Waals surface area contributed by atoms with Crippen LogP contribution in [0.25, 0.3) is 11.3 Å². The number of likely N-dealkylation sites (N-methyl/N-ethyl adjacent to an activating group) is 1.